The van der Waals surface area contributed by atoms with Crippen LogP contribution in [0.25, 0.3) is 0 Å². The lowest BCUT2D eigenvalue weighted by Crippen LogP contribution is -2.33. The summed E-state index contributed by atoms with van der Waals surface area (Å²) in [6, 6.07) is 18.8. The van der Waals surface area contributed by atoms with E-state index in [1.807, 2.05) is 50.2 Å². The van der Waals surface area contributed by atoms with Gasteiger partial charge in [0.1, 0.15) is 31.0 Å². The van der Waals surface area contributed by atoms with E-state index in [1.165, 1.54) is 0 Å². The van der Waals surface area contributed by atoms with Crippen molar-refractivity contribution >= 4 is 5.97 Å². The van der Waals surface area contributed by atoms with Crippen molar-refractivity contribution < 1.29 is 23.7 Å². The first-order chi connectivity index (χ1) is 12.5. The maximum absolute atomic E-state index is 12.2. The van der Waals surface area contributed by atoms with E-state index < -0.39 is 5.79 Å². The average Bonchev–Trinajstić information content (AvgIpc) is 3.14. The molecule has 2 aliphatic heterocycles. The molecule has 26 heavy (non-hydrogen) atoms. The molecule has 0 N–H and O–H groups in total. The van der Waals surface area contributed by atoms with Crippen LogP contribution in [0.2, 0.25) is 0 Å². The molecular formula is C21H22O5. The Morgan fingerprint density at radius 1 is 0.962 bits per heavy atom. The van der Waals surface area contributed by atoms with Crippen LogP contribution in [-0.4, -0.2) is 36.7 Å². The molecule has 2 aromatic carbocycles. The second-order valence-electron chi connectivity index (χ2n) is 7.04. The number of hydrogen-bond donors (Lipinski definition) is 0. The van der Waals surface area contributed by atoms with Crippen LogP contribution in [0, 0.1) is 0 Å². The van der Waals surface area contributed by atoms with Crippen molar-refractivity contribution in [3.05, 3.63) is 71.8 Å². The summed E-state index contributed by atoms with van der Waals surface area (Å²) in [5.41, 5.74) is 1.55. The number of ether oxygens (including phenoxy) is 4. The Hall–Kier alpha value is -2.21. The Morgan fingerprint density at radius 2 is 1.58 bits per heavy atom. The van der Waals surface area contributed by atoms with Gasteiger partial charge in [-0.05, 0) is 31.5 Å². The van der Waals surface area contributed by atoms with Gasteiger partial charge in [0.05, 0.1) is 5.56 Å². The molecule has 5 nitrogen and oxygen atoms in total. The lowest BCUT2D eigenvalue weighted by atomic mass is 10.0. The number of fused-ring (bicyclic) bond motifs is 1. The maximum Gasteiger partial charge on any atom is 0.338 e. The van der Waals surface area contributed by atoms with Gasteiger partial charge in [-0.25, -0.2) is 4.79 Å². The molecular weight excluding hydrogens is 332 g/mol. The molecule has 4 atom stereocenters. The third-order valence-electron chi connectivity index (χ3n) is 4.67. The average molecular weight is 354 g/mol. The molecule has 0 spiro atoms. The summed E-state index contributed by atoms with van der Waals surface area (Å²) in [6.07, 6.45) is -1.13. The van der Waals surface area contributed by atoms with Gasteiger partial charge in [-0.2, -0.15) is 0 Å². The molecule has 0 bridgehead atoms. The second kappa shape index (κ2) is 6.83. The summed E-state index contributed by atoms with van der Waals surface area (Å²) in [6.45, 7) is 3.90. The van der Waals surface area contributed by atoms with Crippen LogP contribution >= 0.6 is 0 Å². The van der Waals surface area contributed by atoms with Crippen LogP contribution in [0.15, 0.2) is 60.7 Å². The zero-order valence-corrected chi connectivity index (χ0v) is 14.8. The van der Waals surface area contributed by atoms with E-state index in [0.717, 1.165) is 5.56 Å². The molecule has 0 unspecified atom stereocenters. The Bertz CT molecular complexity index is 758. The highest BCUT2D eigenvalue weighted by molar-refractivity contribution is 5.89. The molecule has 4 rings (SSSR count). The third-order valence-corrected chi connectivity index (χ3v) is 4.67. The Balaban J connectivity index is 1.48. The largest absolute Gasteiger partial charge is 0.459 e. The summed E-state index contributed by atoms with van der Waals surface area (Å²) in [5.74, 6) is -1.06. The number of carbonyl (C=O) groups excluding carboxylic acids is 1. The van der Waals surface area contributed by atoms with Gasteiger partial charge in [-0.15, -0.1) is 0 Å². The SMILES string of the molecule is CC1(C)O[C@@H]2[C@H](O1)[C@@H](COC(=O)c1ccccc1)O[C@H]2c1ccccc1. The van der Waals surface area contributed by atoms with E-state index in [4.69, 9.17) is 18.9 Å². The molecule has 2 fully saturated rings. The van der Waals surface area contributed by atoms with E-state index in [1.54, 1.807) is 24.3 Å². The molecule has 0 radical (unpaired) electrons. The lowest BCUT2D eigenvalue weighted by Gasteiger charge is -2.24. The molecule has 5 heteroatoms. The molecule has 136 valence electrons. The topological polar surface area (TPSA) is 54.0 Å². The number of carbonyl (C=O) groups is 1. The van der Waals surface area contributed by atoms with Gasteiger partial charge in [0.15, 0.2) is 5.79 Å². The number of esters is 1. The summed E-state index contributed by atoms with van der Waals surface area (Å²) in [7, 11) is 0. The second-order valence-corrected chi connectivity index (χ2v) is 7.04. The normalized spacial score (nSPS) is 29.3. The van der Waals surface area contributed by atoms with E-state index in [0.29, 0.717) is 5.56 Å². The quantitative estimate of drug-likeness (QED) is 0.787. The van der Waals surface area contributed by atoms with Gasteiger partial charge in [-0.1, -0.05) is 48.5 Å². The van der Waals surface area contributed by atoms with Crippen molar-refractivity contribution in [2.45, 2.75) is 44.1 Å². The summed E-state index contributed by atoms with van der Waals surface area (Å²) < 4.78 is 23.8. The highest BCUT2D eigenvalue weighted by Gasteiger charge is 2.55. The van der Waals surface area contributed by atoms with Crippen LogP contribution in [-0.2, 0) is 18.9 Å². The minimum absolute atomic E-state index is 0.123. The zero-order chi connectivity index (χ0) is 18.1. The first-order valence-corrected chi connectivity index (χ1v) is 8.82. The van der Waals surface area contributed by atoms with Crippen molar-refractivity contribution in [2.75, 3.05) is 6.61 Å². The molecule has 2 heterocycles. The summed E-state index contributed by atoms with van der Waals surface area (Å²) in [4.78, 5) is 12.2. The van der Waals surface area contributed by atoms with Crippen LogP contribution < -0.4 is 0 Å². The van der Waals surface area contributed by atoms with Crippen molar-refractivity contribution in [1.82, 2.24) is 0 Å². The predicted octanol–water partition coefficient (Wildman–Crippen LogP) is 3.50. The predicted molar refractivity (Wildman–Crippen MR) is 94.6 cm³/mol. The van der Waals surface area contributed by atoms with Crippen LogP contribution in [0.1, 0.15) is 35.9 Å². The van der Waals surface area contributed by atoms with E-state index >= 15 is 0 Å². The summed E-state index contributed by atoms with van der Waals surface area (Å²) >= 11 is 0. The molecule has 2 saturated heterocycles. The van der Waals surface area contributed by atoms with Gasteiger partial charge in [-0.3, -0.25) is 0 Å². The first kappa shape index (κ1) is 17.2. The van der Waals surface area contributed by atoms with E-state index in [2.05, 4.69) is 0 Å². The minimum Gasteiger partial charge on any atom is -0.459 e. The van der Waals surface area contributed by atoms with Gasteiger partial charge in [0.25, 0.3) is 0 Å². The van der Waals surface area contributed by atoms with Gasteiger partial charge >= 0.3 is 5.97 Å². The van der Waals surface area contributed by atoms with Crippen LogP contribution in [0.5, 0.6) is 0 Å². The Kier molecular flexibility index (Phi) is 4.53. The number of benzene rings is 2. The van der Waals surface area contributed by atoms with Crippen molar-refractivity contribution in [3.63, 3.8) is 0 Å². The maximum atomic E-state index is 12.2. The van der Waals surface area contributed by atoms with Crippen LogP contribution in [0.4, 0.5) is 0 Å². The molecule has 2 aliphatic rings. The molecule has 2 aromatic rings. The number of rotatable bonds is 4. The monoisotopic (exact) mass is 354 g/mol. The van der Waals surface area contributed by atoms with Gasteiger partial charge < -0.3 is 18.9 Å². The number of hydrogen-bond acceptors (Lipinski definition) is 5. The van der Waals surface area contributed by atoms with Crippen molar-refractivity contribution in [1.29, 1.82) is 0 Å². The minimum atomic E-state index is -0.687. The fourth-order valence-electron chi connectivity index (χ4n) is 3.54. The van der Waals surface area contributed by atoms with Crippen molar-refractivity contribution in [3.8, 4) is 0 Å². The lowest BCUT2D eigenvalue weighted by molar-refractivity contribution is -0.191. The fourth-order valence-corrected chi connectivity index (χ4v) is 3.54. The zero-order valence-electron chi connectivity index (χ0n) is 14.8. The van der Waals surface area contributed by atoms with Crippen molar-refractivity contribution in [2.24, 2.45) is 0 Å². The third kappa shape index (κ3) is 3.38. The van der Waals surface area contributed by atoms with E-state index in [-0.39, 0.29) is 37.0 Å². The van der Waals surface area contributed by atoms with E-state index in [9.17, 15) is 4.79 Å². The van der Waals surface area contributed by atoms with Gasteiger partial charge in [0.2, 0.25) is 0 Å². The first-order valence-electron chi connectivity index (χ1n) is 8.82. The summed E-state index contributed by atoms with van der Waals surface area (Å²) in [5, 5.41) is 0. The standard InChI is InChI=1S/C21H22O5/c1-21(2)25-18-16(13-23-20(22)15-11-7-4-8-12-15)24-17(19(18)26-21)14-9-5-3-6-10-14/h3-12,16-19H,13H2,1-2H3/t16-,17+,18-,19+/m1/s1. The highest BCUT2D eigenvalue weighted by Crippen LogP contribution is 2.45. The fraction of sp³-hybridized carbons (Fsp3) is 0.381. The molecule has 0 amide bonds. The smallest absolute Gasteiger partial charge is 0.338 e. The highest BCUT2D eigenvalue weighted by atomic mass is 16.8. The Morgan fingerprint density at radius 3 is 2.27 bits per heavy atom. The molecule has 0 aromatic heterocycles. The van der Waals surface area contributed by atoms with Gasteiger partial charge in [0, 0.05) is 0 Å². The molecule has 0 saturated carbocycles. The Labute approximate surface area is 152 Å². The molecule has 0 aliphatic carbocycles. The van der Waals surface area contributed by atoms with Crippen LogP contribution in [0.3, 0.4) is 0 Å².